The molecule has 0 radical (unpaired) electrons. The average molecular weight is 662 g/mol. The number of benzene rings is 5. The Morgan fingerprint density at radius 3 is 1.63 bits per heavy atom. The minimum absolute atomic E-state index is 0.167. The van der Waals surface area contributed by atoms with Gasteiger partial charge in [-0.3, -0.25) is 9.59 Å². The molecule has 0 N–H and O–H groups in total. The fourth-order valence-electron chi connectivity index (χ4n) is 6.61. The molecule has 6 aromatic carbocycles. The summed E-state index contributed by atoms with van der Waals surface area (Å²) in [5.41, 5.74) is 6.21. The van der Waals surface area contributed by atoms with Crippen LogP contribution >= 0.6 is 0 Å². The molecule has 4 heteroatoms. The molecule has 7 aromatic rings. The highest BCUT2D eigenvalue weighted by molar-refractivity contribution is 5.83. The molecule has 51 heavy (non-hydrogen) atoms. The molecular weight excluding hydrogens is 629 g/mol. The highest BCUT2D eigenvalue weighted by atomic mass is 16.5. The normalized spacial score (nSPS) is 12.9. The van der Waals surface area contributed by atoms with Crippen molar-refractivity contribution in [1.29, 1.82) is 0 Å². The van der Waals surface area contributed by atoms with Gasteiger partial charge in [-0.05, 0) is 48.4 Å². The highest BCUT2D eigenvalue weighted by Crippen LogP contribution is 2.35. The van der Waals surface area contributed by atoms with Gasteiger partial charge in [-0.25, -0.2) is 4.42 Å². The molecule has 0 amide bonds. The van der Waals surface area contributed by atoms with Crippen molar-refractivity contribution in [3.05, 3.63) is 229 Å². The maximum absolute atomic E-state index is 14.3. The zero-order valence-corrected chi connectivity index (χ0v) is 28.0. The van der Waals surface area contributed by atoms with Crippen molar-refractivity contribution in [2.45, 2.75) is 6.92 Å². The van der Waals surface area contributed by atoms with Crippen molar-refractivity contribution in [1.82, 2.24) is 0 Å². The molecule has 0 aliphatic carbocycles. The van der Waals surface area contributed by atoms with E-state index in [2.05, 4.69) is 0 Å². The first-order chi connectivity index (χ1) is 25.0. The van der Waals surface area contributed by atoms with E-state index >= 15 is 0 Å². The molecule has 0 fully saturated rings. The van der Waals surface area contributed by atoms with Gasteiger partial charge in [0, 0.05) is 28.2 Å². The molecule has 0 bridgehead atoms. The fraction of sp³-hybridized carbons (Fsp3) is 0.0426. The molecule has 4 nitrogen and oxygen atoms in total. The van der Waals surface area contributed by atoms with Crippen LogP contribution in [0.25, 0.3) is 45.8 Å². The average Bonchev–Trinajstić information content (AvgIpc) is 3.20. The summed E-state index contributed by atoms with van der Waals surface area (Å²) in [4.78, 5) is 28.5. The fourth-order valence-corrected chi connectivity index (χ4v) is 6.61. The highest BCUT2D eigenvalue weighted by Gasteiger charge is 2.26. The van der Waals surface area contributed by atoms with Crippen LogP contribution in [-0.4, -0.2) is 0 Å². The first-order valence-corrected chi connectivity index (χ1v) is 17.0. The molecule has 8 rings (SSSR count). The van der Waals surface area contributed by atoms with E-state index in [1.54, 1.807) is 6.08 Å². The monoisotopic (exact) mass is 661 g/mol. The van der Waals surface area contributed by atoms with E-state index in [0.717, 1.165) is 38.9 Å². The van der Waals surface area contributed by atoms with Gasteiger partial charge in [0.2, 0.25) is 10.9 Å². The van der Waals surface area contributed by atoms with Gasteiger partial charge in [0.25, 0.3) is 0 Å². The molecule has 1 aliphatic rings. The Labute approximate surface area is 295 Å². The Hall–Kier alpha value is -6.65. The van der Waals surface area contributed by atoms with Crippen LogP contribution in [0.15, 0.2) is 184 Å². The summed E-state index contributed by atoms with van der Waals surface area (Å²) in [5, 5.41) is 0.334. The summed E-state index contributed by atoms with van der Waals surface area (Å²) in [5.74, 6) is 2.28. The zero-order valence-electron chi connectivity index (χ0n) is 28.0. The van der Waals surface area contributed by atoms with Crippen LogP contribution in [0.2, 0.25) is 0 Å². The van der Waals surface area contributed by atoms with Crippen LogP contribution in [-0.2, 0) is 4.74 Å². The third kappa shape index (κ3) is 6.31. The predicted octanol–water partition coefficient (Wildman–Crippen LogP) is 8.56. The van der Waals surface area contributed by atoms with E-state index in [0.29, 0.717) is 28.6 Å². The molecule has 0 saturated heterocycles. The van der Waals surface area contributed by atoms with E-state index in [4.69, 9.17) is 9.15 Å². The topological polar surface area (TPSA) is 54.7 Å². The molecule has 0 saturated carbocycles. The number of rotatable bonds is 7. The van der Waals surface area contributed by atoms with Gasteiger partial charge < -0.3 is 4.74 Å². The van der Waals surface area contributed by atoms with E-state index in [1.807, 2.05) is 177 Å². The van der Waals surface area contributed by atoms with Gasteiger partial charge >= 0.3 is 11.5 Å². The predicted molar refractivity (Wildman–Crippen MR) is 205 cm³/mol. The zero-order chi connectivity index (χ0) is 34.7. The second kappa shape index (κ2) is 13.7. The number of hydrogen-bond acceptors (Lipinski definition) is 3. The molecule has 1 aromatic heterocycles. The third-order valence-electron chi connectivity index (χ3n) is 9.19. The maximum Gasteiger partial charge on any atom is 0.361 e. The SMILES string of the molecule is Cc1ccccc1-c1cc(C(c2ccccc2)=c2c(=O)c(=CC3C=C(c4ccccc4)OC(c4ccccc4)=C3)c2=O)cc(-c2ccccc2)[o+]1. The maximum atomic E-state index is 14.3. The summed E-state index contributed by atoms with van der Waals surface area (Å²) in [6.07, 6.45) is 5.67. The van der Waals surface area contributed by atoms with Crippen LogP contribution in [0.3, 0.4) is 0 Å². The lowest BCUT2D eigenvalue weighted by Crippen LogP contribution is -2.65. The smallest absolute Gasteiger partial charge is 0.361 e. The quantitative estimate of drug-likeness (QED) is 0.161. The van der Waals surface area contributed by atoms with Crippen molar-refractivity contribution >= 4 is 23.2 Å². The summed E-state index contributed by atoms with van der Waals surface area (Å²) in [7, 11) is 0. The standard InChI is InChI=1S/C47H33O4/c1-31-16-14-15-25-38(31)43-30-37(29-42(51-43)35-21-10-4-11-22-35)44(36-23-12-5-13-24-36)45-46(48)39(47(45)49)26-32-27-40(33-17-6-2-7-18-33)50-41(28-32)34-19-8-3-9-20-34/h2-30,32H,1H3/q+1. The molecule has 2 heterocycles. The van der Waals surface area contributed by atoms with Crippen LogP contribution in [0.4, 0.5) is 0 Å². The number of hydrogen-bond donors (Lipinski definition) is 0. The first kappa shape index (κ1) is 31.6. The lowest BCUT2D eigenvalue weighted by molar-refractivity contribution is 0.458. The van der Waals surface area contributed by atoms with Crippen molar-refractivity contribution < 1.29 is 9.15 Å². The third-order valence-corrected chi connectivity index (χ3v) is 9.19. The molecule has 244 valence electrons. The number of aryl methyl sites for hydroxylation is 1. The minimum atomic E-state index is -0.346. The lowest BCUT2D eigenvalue weighted by Gasteiger charge is -2.21. The van der Waals surface area contributed by atoms with Gasteiger partial charge in [0.05, 0.1) is 33.7 Å². The second-order valence-electron chi connectivity index (χ2n) is 12.6. The van der Waals surface area contributed by atoms with Crippen LogP contribution in [0.1, 0.15) is 27.8 Å². The Morgan fingerprint density at radius 1 is 0.569 bits per heavy atom. The molecule has 0 spiro atoms. The largest absolute Gasteiger partial charge is 0.457 e. The van der Waals surface area contributed by atoms with Gasteiger partial charge in [-0.1, -0.05) is 133 Å². The summed E-state index contributed by atoms with van der Waals surface area (Å²) < 4.78 is 12.9. The van der Waals surface area contributed by atoms with Crippen molar-refractivity contribution in [3.63, 3.8) is 0 Å². The van der Waals surface area contributed by atoms with Crippen LogP contribution in [0.5, 0.6) is 0 Å². The summed E-state index contributed by atoms with van der Waals surface area (Å²) in [6, 6.07) is 51.1. The van der Waals surface area contributed by atoms with Crippen molar-refractivity contribution in [3.8, 4) is 22.6 Å². The van der Waals surface area contributed by atoms with E-state index in [9.17, 15) is 9.59 Å². The van der Waals surface area contributed by atoms with Crippen molar-refractivity contribution in [2.24, 2.45) is 5.92 Å². The summed E-state index contributed by atoms with van der Waals surface area (Å²) in [6.45, 7) is 2.04. The van der Waals surface area contributed by atoms with Gasteiger partial charge in [0.15, 0.2) is 0 Å². The lowest BCUT2D eigenvalue weighted by atomic mass is 9.91. The first-order valence-electron chi connectivity index (χ1n) is 17.0. The van der Waals surface area contributed by atoms with Crippen molar-refractivity contribution in [2.75, 3.05) is 0 Å². The number of allylic oxidation sites excluding steroid dienone is 2. The van der Waals surface area contributed by atoms with E-state index in [-0.39, 0.29) is 27.2 Å². The number of ether oxygens (including phenoxy) is 1. The van der Waals surface area contributed by atoms with Crippen LogP contribution in [0, 0.1) is 12.8 Å². The molecule has 1 aliphatic heterocycles. The van der Waals surface area contributed by atoms with E-state index < -0.39 is 0 Å². The minimum Gasteiger partial charge on any atom is -0.457 e. The Balaban J connectivity index is 1.34. The van der Waals surface area contributed by atoms with Gasteiger partial charge in [-0.15, -0.1) is 0 Å². The second-order valence-corrected chi connectivity index (χ2v) is 12.6. The Kier molecular flexibility index (Phi) is 8.49. The van der Waals surface area contributed by atoms with Gasteiger partial charge in [0.1, 0.15) is 11.5 Å². The molecular formula is C47H33O4+. The Bertz CT molecular complexity index is 2540. The summed E-state index contributed by atoms with van der Waals surface area (Å²) >= 11 is 0. The molecule has 0 unspecified atom stereocenters. The van der Waals surface area contributed by atoms with E-state index in [1.165, 1.54) is 0 Å². The Morgan fingerprint density at radius 2 is 1.06 bits per heavy atom. The van der Waals surface area contributed by atoms with Gasteiger partial charge in [-0.2, -0.15) is 0 Å². The molecule has 0 atom stereocenters. The van der Waals surface area contributed by atoms with Crippen LogP contribution < -0.4 is 21.3 Å².